The van der Waals surface area contributed by atoms with E-state index in [1.54, 1.807) is 28.0 Å². The number of carbonyl (C=O) groups excluding carboxylic acids is 2. The van der Waals surface area contributed by atoms with Crippen molar-refractivity contribution in [2.45, 2.75) is 45.6 Å². The smallest absolute Gasteiger partial charge is 0.412 e. The zero-order chi connectivity index (χ0) is 30.5. The van der Waals surface area contributed by atoms with E-state index in [1.165, 1.54) is 0 Å². The topological polar surface area (TPSA) is 129 Å². The predicted octanol–water partition coefficient (Wildman–Crippen LogP) is 5.83. The van der Waals surface area contributed by atoms with Crippen LogP contribution in [-0.4, -0.2) is 47.1 Å². The van der Waals surface area contributed by atoms with Crippen LogP contribution in [0.1, 0.15) is 44.2 Å². The number of amides is 2. The van der Waals surface area contributed by atoms with E-state index < -0.39 is 11.7 Å². The van der Waals surface area contributed by atoms with Gasteiger partial charge in [0.25, 0.3) is 0 Å². The highest BCUT2D eigenvalue weighted by Gasteiger charge is 2.44. The molecule has 43 heavy (non-hydrogen) atoms. The monoisotopic (exact) mass is 578 g/mol. The van der Waals surface area contributed by atoms with Crippen molar-refractivity contribution in [2.75, 3.05) is 10.6 Å². The number of nitrogens with zero attached hydrogens (tertiary/aromatic N) is 6. The molecular weight excluding hydrogens is 544 g/mol. The average molecular weight is 579 g/mol. The van der Waals surface area contributed by atoms with Crippen LogP contribution < -0.4 is 10.6 Å². The summed E-state index contributed by atoms with van der Waals surface area (Å²) in [6.45, 7) is 7.47. The van der Waals surface area contributed by atoms with Gasteiger partial charge in [0, 0.05) is 55.8 Å². The molecule has 220 valence electrons. The Balaban J connectivity index is 1.39. The Hall–Kier alpha value is -5.06. The van der Waals surface area contributed by atoms with Crippen LogP contribution >= 0.6 is 0 Å². The van der Waals surface area contributed by atoms with Gasteiger partial charge in [-0.3, -0.25) is 24.5 Å². The summed E-state index contributed by atoms with van der Waals surface area (Å²) in [5, 5.41) is 16.0. The molecule has 1 saturated carbocycles. The molecule has 0 bridgehead atoms. The van der Waals surface area contributed by atoms with Crippen LogP contribution in [0.4, 0.5) is 16.3 Å². The molecule has 2 atom stereocenters. The zero-order valence-corrected chi connectivity index (χ0v) is 25.0. The number of aromatic nitrogens is 6. The standard InChI is InChI=1S/C32H34N8O3/c1-18-7-9-33-29(26-8-10-35-40(26)6)28(18)20-11-19-13-27(38-30(41)23-14-22(23)21-15-36-39(5)17-21)34-16-24(19)25(12-20)37-31(42)43-32(2,3)4/h7-13,15-17,22-23H,14H2,1-6H3,(H,37,42)(H,34,38,41)/t22-,23+/m1/s1. The van der Waals surface area contributed by atoms with Gasteiger partial charge in [-0.2, -0.15) is 10.2 Å². The highest BCUT2D eigenvalue weighted by molar-refractivity contribution is 6.05. The van der Waals surface area contributed by atoms with E-state index in [4.69, 9.17) is 9.72 Å². The summed E-state index contributed by atoms with van der Waals surface area (Å²) in [7, 11) is 3.74. The maximum Gasteiger partial charge on any atom is 0.412 e. The number of pyridine rings is 2. The third-order valence-electron chi connectivity index (χ3n) is 7.52. The Kier molecular flexibility index (Phi) is 6.95. The van der Waals surface area contributed by atoms with Crippen LogP contribution in [0.25, 0.3) is 33.3 Å². The molecule has 11 heteroatoms. The molecule has 0 spiro atoms. The maximum atomic E-state index is 13.1. The lowest BCUT2D eigenvalue weighted by Gasteiger charge is -2.21. The molecule has 0 unspecified atom stereocenters. The SMILES string of the molecule is Cc1ccnc(-c2ccnn2C)c1-c1cc(NC(=O)OC(C)(C)C)c2cnc(NC(=O)[C@H]3C[C@@H]3c3cnn(C)c3)cc2c1. The molecule has 1 aromatic carbocycles. The number of carbonyl (C=O) groups is 2. The largest absolute Gasteiger partial charge is 0.444 e. The average Bonchev–Trinajstić information content (AvgIpc) is 3.43. The van der Waals surface area contributed by atoms with Gasteiger partial charge in [0.15, 0.2) is 0 Å². The minimum Gasteiger partial charge on any atom is -0.444 e. The van der Waals surface area contributed by atoms with Crippen molar-refractivity contribution in [3.05, 3.63) is 72.4 Å². The van der Waals surface area contributed by atoms with Crippen LogP contribution in [0.2, 0.25) is 0 Å². The Bertz CT molecular complexity index is 1870. The molecule has 1 aliphatic carbocycles. The third kappa shape index (κ3) is 5.83. The van der Waals surface area contributed by atoms with Crippen molar-refractivity contribution < 1.29 is 14.3 Å². The first-order valence-electron chi connectivity index (χ1n) is 14.1. The van der Waals surface area contributed by atoms with Crippen molar-refractivity contribution in [3.63, 3.8) is 0 Å². The molecule has 6 rings (SSSR count). The van der Waals surface area contributed by atoms with Gasteiger partial charge in [-0.15, -0.1) is 0 Å². The number of ether oxygens (including phenoxy) is 1. The molecule has 0 radical (unpaired) electrons. The normalized spacial score (nSPS) is 16.2. The lowest BCUT2D eigenvalue weighted by atomic mass is 9.95. The molecule has 11 nitrogen and oxygen atoms in total. The van der Waals surface area contributed by atoms with E-state index in [9.17, 15) is 9.59 Å². The lowest BCUT2D eigenvalue weighted by molar-refractivity contribution is -0.117. The third-order valence-corrected chi connectivity index (χ3v) is 7.52. The van der Waals surface area contributed by atoms with Crippen LogP contribution in [0.3, 0.4) is 0 Å². The summed E-state index contributed by atoms with van der Waals surface area (Å²) in [5.74, 6) is 0.385. The zero-order valence-electron chi connectivity index (χ0n) is 25.0. The molecule has 5 aromatic rings. The molecule has 1 fully saturated rings. The van der Waals surface area contributed by atoms with Crippen LogP contribution in [-0.2, 0) is 23.6 Å². The Labute approximate surface area is 249 Å². The van der Waals surface area contributed by atoms with E-state index in [2.05, 4.69) is 25.8 Å². The molecule has 1 aliphatic rings. The van der Waals surface area contributed by atoms with Crippen LogP contribution in [0, 0.1) is 12.8 Å². The van der Waals surface area contributed by atoms with Crippen molar-refractivity contribution in [3.8, 4) is 22.5 Å². The highest BCUT2D eigenvalue weighted by Crippen LogP contribution is 2.48. The van der Waals surface area contributed by atoms with Crippen molar-refractivity contribution in [2.24, 2.45) is 20.0 Å². The Morgan fingerprint density at radius 1 is 1.00 bits per heavy atom. The summed E-state index contributed by atoms with van der Waals surface area (Å²) >= 11 is 0. The number of fused-ring (bicyclic) bond motifs is 1. The van der Waals surface area contributed by atoms with Crippen molar-refractivity contribution in [1.82, 2.24) is 29.5 Å². The van der Waals surface area contributed by atoms with Crippen molar-refractivity contribution >= 4 is 34.3 Å². The van der Waals surface area contributed by atoms with Crippen LogP contribution in [0.5, 0.6) is 0 Å². The first-order valence-corrected chi connectivity index (χ1v) is 14.1. The lowest BCUT2D eigenvalue weighted by Crippen LogP contribution is -2.27. The minimum atomic E-state index is -0.670. The Morgan fingerprint density at radius 2 is 1.81 bits per heavy atom. The number of rotatable bonds is 6. The fourth-order valence-electron chi connectivity index (χ4n) is 5.41. The number of hydrogen-bond acceptors (Lipinski definition) is 7. The fraction of sp³-hybridized carbons (Fsp3) is 0.312. The number of benzene rings is 1. The molecule has 4 aromatic heterocycles. The fourth-order valence-corrected chi connectivity index (χ4v) is 5.41. The van der Waals surface area contributed by atoms with E-state index in [1.807, 2.05) is 84.5 Å². The Morgan fingerprint density at radius 3 is 2.51 bits per heavy atom. The maximum absolute atomic E-state index is 13.1. The number of anilines is 2. The first kappa shape index (κ1) is 28.1. The van der Waals surface area contributed by atoms with E-state index in [0.29, 0.717) is 16.9 Å². The van der Waals surface area contributed by atoms with E-state index >= 15 is 0 Å². The van der Waals surface area contributed by atoms with Gasteiger partial charge in [-0.05, 0) is 92.4 Å². The van der Waals surface area contributed by atoms with Gasteiger partial charge in [-0.25, -0.2) is 9.78 Å². The summed E-state index contributed by atoms with van der Waals surface area (Å²) in [6.07, 6.45) is 9.13. The summed E-state index contributed by atoms with van der Waals surface area (Å²) in [6, 6.07) is 9.62. The summed E-state index contributed by atoms with van der Waals surface area (Å²) in [4.78, 5) is 35.2. The first-order chi connectivity index (χ1) is 20.5. The highest BCUT2D eigenvalue weighted by atomic mass is 16.6. The van der Waals surface area contributed by atoms with Crippen LogP contribution in [0.15, 0.2) is 61.3 Å². The van der Waals surface area contributed by atoms with Gasteiger partial charge >= 0.3 is 6.09 Å². The summed E-state index contributed by atoms with van der Waals surface area (Å²) < 4.78 is 9.08. The van der Waals surface area contributed by atoms with Gasteiger partial charge < -0.3 is 10.1 Å². The summed E-state index contributed by atoms with van der Waals surface area (Å²) in [5.41, 5.74) is 5.29. The molecule has 2 N–H and O–H groups in total. The van der Waals surface area contributed by atoms with Gasteiger partial charge in [-0.1, -0.05) is 0 Å². The van der Waals surface area contributed by atoms with E-state index in [0.717, 1.165) is 45.4 Å². The minimum absolute atomic E-state index is 0.0782. The molecular formula is C32H34N8O3. The number of hydrogen-bond donors (Lipinski definition) is 2. The van der Waals surface area contributed by atoms with E-state index in [-0.39, 0.29) is 17.7 Å². The second kappa shape index (κ2) is 10.6. The number of aryl methyl sites for hydroxylation is 3. The molecule has 4 heterocycles. The quantitative estimate of drug-likeness (QED) is 0.259. The molecule has 0 saturated heterocycles. The molecule has 2 amide bonds. The van der Waals surface area contributed by atoms with Gasteiger partial charge in [0.2, 0.25) is 5.91 Å². The second-order valence-electron chi connectivity index (χ2n) is 12.0. The predicted molar refractivity (Wildman–Crippen MR) is 164 cm³/mol. The molecule has 0 aliphatic heterocycles. The van der Waals surface area contributed by atoms with Crippen molar-refractivity contribution in [1.29, 1.82) is 0 Å². The van der Waals surface area contributed by atoms with Gasteiger partial charge in [0.05, 0.1) is 23.3 Å². The van der Waals surface area contributed by atoms with Gasteiger partial charge in [0.1, 0.15) is 11.4 Å². The number of nitrogens with one attached hydrogen (secondary N) is 2. The second-order valence-corrected chi connectivity index (χ2v) is 12.0.